The molecule has 2 N–H and O–H groups in total. The number of anilines is 1. The van der Waals surface area contributed by atoms with Gasteiger partial charge in [0.2, 0.25) is 0 Å². The molecule has 0 saturated heterocycles. The molecule has 24 heavy (non-hydrogen) atoms. The number of para-hydroxylation sites is 2. The summed E-state index contributed by atoms with van der Waals surface area (Å²) in [7, 11) is 0. The molecule has 0 amide bonds. The normalized spacial score (nSPS) is 10.6. The second-order valence-electron chi connectivity index (χ2n) is 4.67. The Bertz CT molecular complexity index is 741. The zero-order chi connectivity index (χ0) is 17.6. The van der Waals surface area contributed by atoms with Crippen LogP contribution in [0, 0.1) is 0 Å². The summed E-state index contributed by atoms with van der Waals surface area (Å²) < 4.78 is 37.2. The third kappa shape index (κ3) is 4.66. The summed E-state index contributed by atoms with van der Waals surface area (Å²) in [5.41, 5.74) is 5.96. The number of halogens is 3. The predicted molar refractivity (Wildman–Crippen MR) is 93.5 cm³/mol. The zero-order valence-electron chi connectivity index (χ0n) is 12.4. The number of thiocarbonyl (C=S) groups is 1. The number of hydrogen-bond acceptors (Lipinski definition) is 2. The van der Waals surface area contributed by atoms with Crippen molar-refractivity contribution in [3.63, 3.8) is 0 Å². The number of fused-ring (bicyclic) bond motifs is 1. The minimum atomic E-state index is -4.59. The lowest BCUT2D eigenvalue weighted by molar-refractivity contribution is -0.118. The molecule has 0 aliphatic rings. The van der Waals surface area contributed by atoms with Crippen molar-refractivity contribution < 1.29 is 13.2 Å². The number of rotatable bonds is 1. The Morgan fingerprint density at radius 2 is 1.50 bits per heavy atom. The monoisotopic (exact) mass is 349 g/mol. The summed E-state index contributed by atoms with van der Waals surface area (Å²) in [5, 5.41) is 0.480. The average molecular weight is 349 g/mol. The largest absolute Gasteiger partial charge is 0.491 e. The maximum Gasteiger partial charge on any atom is 0.491 e. The molecule has 3 aromatic rings. The molecule has 0 radical (unpaired) electrons. The highest BCUT2D eigenvalue weighted by molar-refractivity contribution is 7.80. The van der Waals surface area contributed by atoms with E-state index in [1.165, 1.54) is 29.7 Å². The van der Waals surface area contributed by atoms with E-state index in [0.717, 1.165) is 5.52 Å². The van der Waals surface area contributed by atoms with E-state index < -0.39 is 11.4 Å². The van der Waals surface area contributed by atoms with Crippen LogP contribution in [0.4, 0.5) is 18.9 Å². The quantitative estimate of drug-likeness (QED) is 0.519. The lowest BCUT2D eigenvalue weighted by Gasteiger charge is -2.24. The first-order chi connectivity index (χ1) is 11.4. The molecule has 3 nitrogen and oxygen atoms in total. The summed E-state index contributed by atoms with van der Waals surface area (Å²) in [4.78, 5) is 4.13. The molecule has 124 valence electrons. The van der Waals surface area contributed by atoms with Gasteiger partial charge < -0.3 is 5.73 Å². The highest BCUT2D eigenvalue weighted by Crippen LogP contribution is 2.27. The second-order valence-corrected chi connectivity index (χ2v) is 5.09. The number of pyridine rings is 1. The van der Waals surface area contributed by atoms with Gasteiger partial charge in [0.25, 0.3) is 0 Å². The molecule has 0 aliphatic carbocycles. The second kappa shape index (κ2) is 7.74. The van der Waals surface area contributed by atoms with Gasteiger partial charge in [-0.05, 0) is 36.5 Å². The summed E-state index contributed by atoms with van der Waals surface area (Å²) in [5.74, 6) is 0. The highest BCUT2D eigenvalue weighted by atomic mass is 32.1. The van der Waals surface area contributed by atoms with Crippen LogP contribution in [0.25, 0.3) is 10.9 Å². The summed E-state index contributed by atoms with van der Waals surface area (Å²) in [6.07, 6.45) is -2.78. The van der Waals surface area contributed by atoms with Crippen molar-refractivity contribution in [2.45, 2.75) is 6.30 Å². The zero-order valence-corrected chi connectivity index (χ0v) is 13.3. The Hall–Kier alpha value is -2.67. The van der Waals surface area contributed by atoms with Gasteiger partial charge in [0.1, 0.15) is 0 Å². The van der Waals surface area contributed by atoms with E-state index in [4.69, 9.17) is 5.73 Å². The molecule has 1 aromatic heterocycles. The fourth-order valence-corrected chi connectivity index (χ4v) is 2.20. The minimum absolute atomic E-state index is 0.0532. The predicted octanol–water partition coefficient (Wildman–Crippen LogP) is 4.49. The molecule has 0 fully saturated rings. The highest BCUT2D eigenvalue weighted by Gasteiger charge is 2.39. The maximum atomic E-state index is 12.4. The molecule has 0 bridgehead atoms. The first kappa shape index (κ1) is 17.7. The van der Waals surface area contributed by atoms with Crippen molar-refractivity contribution in [1.82, 2.24) is 4.98 Å². The Labute approximate surface area is 142 Å². The van der Waals surface area contributed by atoms with Gasteiger partial charge in [-0.15, -0.1) is 13.2 Å². The van der Waals surface area contributed by atoms with Crippen LogP contribution >= 0.6 is 12.2 Å². The van der Waals surface area contributed by atoms with E-state index in [-0.39, 0.29) is 10.6 Å². The van der Waals surface area contributed by atoms with E-state index in [1.807, 2.05) is 30.5 Å². The van der Waals surface area contributed by atoms with Crippen LogP contribution in [-0.4, -0.2) is 16.4 Å². The number of benzene rings is 2. The van der Waals surface area contributed by atoms with Gasteiger partial charge in [-0.3, -0.25) is 4.98 Å². The molecule has 0 saturated carbocycles. The molecule has 0 unspecified atom stereocenters. The van der Waals surface area contributed by atoms with Gasteiger partial charge in [-0.2, -0.15) is 0 Å². The fourth-order valence-electron chi connectivity index (χ4n) is 1.99. The lowest BCUT2D eigenvalue weighted by atomic mass is 10.2. The first-order valence-electron chi connectivity index (χ1n) is 6.91. The van der Waals surface area contributed by atoms with Crippen LogP contribution in [0.2, 0.25) is 0 Å². The number of nitrogens with zero attached hydrogens (tertiary/aromatic N) is 2. The van der Waals surface area contributed by atoms with Crippen LogP contribution < -0.4 is 10.6 Å². The molecule has 7 heteroatoms. The number of hydrogen-bond donors (Lipinski definition) is 1. The number of aromatic nitrogens is 1. The van der Waals surface area contributed by atoms with Crippen molar-refractivity contribution >= 4 is 33.9 Å². The molecule has 3 rings (SSSR count). The Kier molecular flexibility index (Phi) is 5.70. The van der Waals surface area contributed by atoms with Gasteiger partial charge in [-0.25, -0.2) is 4.90 Å². The molecule has 0 aliphatic heterocycles. The van der Waals surface area contributed by atoms with Crippen LogP contribution in [0.15, 0.2) is 72.9 Å². The topological polar surface area (TPSA) is 42.1 Å². The van der Waals surface area contributed by atoms with Crippen molar-refractivity contribution in [2.24, 2.45) is 5.73 Å². The van der Waals surface area contributed by atoms with E-state index in [0.29, 0.717) is 0 Å². The lowest BCUT2D eigenvalue weighted by Crippen LogP contribution is -2.46. The summed E-state index contributed by atoms with van der Waals surface area (Å²) >= 11 is 4.33. The smallest absolute Gasteiger partial charge is 0.376 e. The van der Waals surface area contributed by atoms with Gasteiger partial charge in [-0.1, -0.05) is 42.5 Å². The summed E-state index contributed by atoms with van der Waals surface area (Å²) in [6, 6.07) is 19.2. The van der Waals surface area contributed by atoms with E-state index >= 15 is 0 Å². The SMILES string of the molecule is NC(=S)N(c1ccccc1)C(F)(F)F.c1ccc2ncccc2c1. The van der Waals surface area contributed by atoms with Gasteiger partial charge in [0.15, 0.2) is 5.11 Å². The number of nitrogens with two attached hydrogens (primary N) is 1. The minimum Gasteiger partial charge on any atom is -0.376 e. The average Bonchev–Trinajstić information content (AvgIpc) is 2.55. The fraction of sp³-hybridized carbons (Fsp3) is 0.0588. The molecule has 1 heterocycles. The van der Waals surface area contributed by atoms with Crippen molar-refractivity contribution in [3.05, 3.63) is 72.9 Å². The molecule has 0 spiro atoms. The standard InChI is InChI=1S/C9H7N.C8H7F3N2S/c1-2-6-9-8(4-1)5-3-7-10-9;9-8(10,11)13(7(12)14)6-4-2-1-3-5-6/h1-7H;1-5H,(H2,12,14). The van der Waals surface area contributed by atoms with Crippen molar-refractivity contribution in [1.29, 1.82) is 0 Å². The van der Waals surface area contributed by atoms with E-state index in [9.17, 15) is 13.2 Å². The van der Waals surface area contributed by atoms with Gasteiger partial charge in [0, 0.05) is 11.6 Å². The Balaban J connectivity index is 0.000000182. The van der Waals surface area contributed by atoms with Crippen molar-refractivity contribution in [2.75, 3.05) is 4.90 Å². The Morgan fingerprint density at radius 1 is 0.917 bits per heavy atom. The first-order valence-corrected chi connectivity index (χ1v) is 7.31. The van der Waals surface area contributed by atoms with Crippen molar-refractivity contribution in [3.8, 4) is 0 Å². The molecular formula is C17H14F3N3S. The van der Waals surface area contributed by atoms with Gasteiger partial charge in [0.05, 0.1) is 11.2 Å². The van der Waals surface area contributed by atoms with Crippen LogP contribution in [-0.2, 0) is 0 Å². The number of alkyl halides is 3. The van der Waals surface area contributed by atoms with Gasteiger partial charge >= 0.3 is 6.30 Å². The third-order valence-electron chi connectivity index (χ3n) is 3.00. The summed E-state index contributed by atoms with van der Waals surface area (Å²) in [6.45, 7) is 0. The van der Waals surface area contributed by atoms with Crippen LogP contribution in [0.3, 0.4) is 0 Å². The van der Waals surface area contributed by atoms with E-state index in [1.54, 1.807) is 6.07 Å². The molecule has 2 aromatic carbocycles. The molecular weight excluding hydrogens is 335 g/mol. The Morgan fingerprint density at radius 3 is 2.08 bits per heavy atom. The van der Waals surface area contributed by atoms with E-state index in [2.05, 4.69) is 29.3 Å². The van der Waals surface area contributed by atoms with Crippen LogP contribution in [0.1, 0.15) is 0 Å². The molecule has 0 atom stereocenters. The van der Waals surface area contributed by atoms with Crippen LogP contribution in [0.5, 0.6) is 0 Å². The third-order valence-corrected chi connectivity index (χ3v) is 3.18. The maximum absolute atomic E-state index is 12.4.